The van der Waals surface area contributed by atoms with Gasteiger partial charge in [0.2, 0.25) is 11.0 Å². The molecule has 1 aromatic heterocycles. The molecule has 0 aliphatic carbocycles. The van der Waals surface area contributed by atoms with E-state index < -0.39 is 0 Å². The van der Waals surface area contributed by atoms with Crippen LogP contribution in [0.15, 0.2) is 24.3 Å². The van der Waals surface area contributed by atoms with Crippen LogP contribution in [0.25, 0.3) is 0 Å². The van der Waals surface area contributed by atoms with E-state index in [1.165, 1.54) is 23.7 Å². The van der Waals surface area contributed by atoms with E-state index >= 15 is 0 Å². The Kier molecular flexibility index (Phi) is 5.96. The van der Waals surface area contributed by atoms with Crippen LogP contribution in [0.1, 0.15) is 44.0 Å². The maximum atomic E-state index is 13.0. The molecule has 134 valence electrons. The van der Waals surface area contributed by atoms with Crippen LogP contribution in [0.4, 0.5) is 9.52 Å². The third-order valence-corrected chi connectivity index (χ3v) is 5.15. The van der Waals surface area contributed by atoms with Gasteiger partial charge in [0, 0.05) is 31.0 Å². The van der Waals surface area contributed by atoms with Crippen molar-refractivity contribution in [1.29, 1.82) is 0 Å². The van der Waals surface area contributed by atoms with Crippen LogP contribution in [0.2, 0.25) is 0 Å². The van der Waals surface area contributed by atoms with Gasteiger partial charge < -0.3 is 10.2 Å². The number of halogens is 1. The first-order valence-electron chi connectivity index (χ1n) is 8.78. The molecule has 1 fully saturated rings. The Labute approximate surface area is 151 Å². The standard InChI is InChI=1S/C18H23FN4OS/c1-2-3-10-20-17(24)15-5-4-11-23(15)18-21-16(22-25-18)12-13-6-8-14(19)9-7-13/h6-9,15H,2-5,10-12H2,1H3,(H,20,24). The van der Waals surface area contributed by atoms with E-state index in [1.54, 1.807) is 12.1 Å². The predicted molar refractivity (Wildman–Crippen MR) is 97.4 cm³/mol. The number of nitrogens with zero attached hydrogens (tertiary/aromatic N) is 3. The Morgan fingerprint density at radius 2 is 2.20 bits per heavy atom. The van der Waals surface area contributed by atoms with E-state index in [1.807, 2.05) is 0 Å². The molecule has 0 radical (unpaired) electrons. The van der Waals surface area contributed by atoms with Gasteiger partial charge in [0.05, 0.1) is 0 Å². The normalized spacial score (nSPS) is 17.0. The minimum atomic E-state index is -0.246. The Morgan fingerprint density at radius 3 is 2.96 bits per heavy atom. The topological polar surface area (TPSA) is 58.1 Å². The third kappa shape index (κ3) is 4.54. The van der Waals surface area contributed by atoms with Crippen LogP contribution >= 0.6 is 11.5 Å². The van der Waals surface area contributed by atoms with E-state index in [2.05, 4.69) is 26.5 Å². The molecule has 25 heavy (non-hydrogen) atoms. The first-order valence-corrected chi connectivity index (χ1v) is 9.56. The Hall–Kier alpha value is -2.02. The van der Waals surface area contributed by atoms with Gasteiger partial charge in [-0.1, -0.05) is 25.5 Å². The van der Waals surface area contributed by atoms with Crippen LogP contribution < -0.4 is 10.2 Å². The molecular formula is C18H23FN4OS. The number of anilines is 1. The van der Waals surface area contributed by atoms with Gasteiger partial charge in [0.15, 0.2) is 0 Å². The van der Waals surface area contributed by atoms with Crippen molar-refractivity contribution in [2.45, 2.75) is 45.1 Å². The zero-order valence-corrected chi connectivity index (χ0v) is 15.2. The summed E-state index contributed by atoms with van der Waals surface area (Å²) in [6, 6.07) is 6.23. The molecule has 1 aromatic carbocycles. The molecule has 1 unspecified atom stereocenters. The number of carbonyl (C=O) groups excluding carboxylic acids is 1. The largest absolute Gasteiger partial charge is 0.354 e. The number of hydrogen-bond acceptors (Lipinski definition) is 5. The quantitative estimate of drug-likeness (QED) is 0.769. The summed E-state index contributed by atoms with van der Waals surface area (Å²) in [7, 11) is 0. The van der Waals surface area contributed by atoms with Gasteiger partial charge in [0.25, 0.3) is 0 Å². The zero-order chi connectivity index (χ0) is 17.6. The molecule has 0 bridgehead atoms. The minimum Gasteiger partial charge on any atom is -0.354 e. The summed E-state index contributed by atoms with van der Waals surface area (Å²) in [5, 5.41) is 3.81. The van der Waals surface area contributed by atoms with Gasteiger partial charge >= 0.3 is 0 Å². The monoisotopic (exact) mass is 362 g/mol. The van der Waals surface area contributed by atoms with Crippen LogP contribution in [0.5, 0.6) is 0 Å². The molecule has 1 amide bonds. The van der Waals surface area contributed by atoms with Crippen molar-refractivity contribution in [3.8, 4) is 0 Å². The lowest BCUT2D eigenvalue weighted by molar-refractivity contribution is -0.122. The van der Waals surface area contributed by atoms with Crippen molar-refractivity contribution in [3.05, 3.63) is 41.5 Å². The van der Waals surface area contributed by atoms with Gasteiger partial charge in [0.1, 0.15) is 17.7 Å². The number of unbranched alkanes of at least 4 members (excludes halogenated alkanes) is 1. The Balaban J connectivity index is 1.64. The highest BCUT2D eigenvalue weighted by Gasteiger charge is 2.32. The highest BCUT2D eigenvalue weighted by atomic mass is 32.1. The van der Waals surface area contributed by atoms with Gasteiger partial charge in [-0.3, -0.25) is 4.79 Å². The molecule has 2 aromatic rings. The number of rotatable bonds is 7. The third-order valence-electron chi connectivity index (χ3n) is 4.36. The second kappa shape index (κ2) is 8.38. The summed E-state index contributed by atoms with van der Waals surface area (Å²) in [4.78, 5) is 19.1. The fraction of sp³-hybridized carbons (Fsp3) is 0.500. The molecular weight excluding hydrogens is 339 g/mol. The molecule has 2 heterocycles. The molecule has 0 spiro atoms. The summed E-state index contributed by atoms with van der Waals surface area (Å²) < 4.78 is 17.4. The summed E-state index contributed by atoms with van der Waals surface area (Å²) in [6.45, 7) is 3.67. The van der Waals surface area contributed by atoms with Gasteiger partial charge in [-0.05, 0) is 37.0 Å². The average Bonchev–Trinajstić information content (AvgIpc) is 3.26. The number of hydrogen-bond donors (Lipinski definition) is 1. The van der Waals surface area contributed by atoms with Crippen molar-refractivity contribution in [2.24, 2.45) is 0 Å². The Morgan fingerprint density at radius 1 is 1.40 bits per heavy atom. The van der Waals surface area contributed by atoms with E-state index in [0.717, 1.165) is 49.5 Å². The first-order chi connectivity index (χ1) is 12.2. The van der Waals surface area contributed by atoms with Crippen LogP contribution in [-0.2, 0) is 11.2 Å². The van der Waals surface area contributed by atoms with E-state index in [0.29, 0.717) is 12.2 Å². The predicted octanol–water partition coefficient (Wildman–Crippen LogP) is 3.15. The maximum absolute atomic E-state index is 13.0. The highest BCUT2D eigenvalue weighted by Crippen LogP contribution is 2.27. The molecule has 1 atom stereocenters. The van der Waals surface area contributed by atoms with Crippen molar-refractivity contribution in [2.75, 3.05) is 18.0 Å². The number of amides is 1. The Bertz CT molecular complexity index is 703. The minimum absolute atomic E-state index is 0.0845. The number of nitrogens with one attached hydrogen (secondary N) is 1. The lowest BCUT2D eigenvalue weighted by Crippen LogP contribution is -2.43. The van der Waals surface area contributed by atoms with Gasteiger partial charge in [-0.2, -0.15) is 4.37 Å². The van der Waals surface area contributed by atoms with Gasteiger partial charge in [-0.25, -0.2) is 9.37 Å². The highest BCUT2D eigenvalue weighted by molar-refractivity contribution is 7.09. The average molecular weight is 362 g/mol. The summed E-state index contributed by atoms with van der Waals surface area (Å²) >= 11 is 1.33. The lowest BCUT2D eigenvalue weighted by Gasteiger charge is -2.22. The fourth-order valence-electron chi connectivity index (χ4n) is 2.99. The fourth-order valence-corrected chi connectivity index (χ4v) is 3.75. The maximum Gasteiger partial charge on any atom is 0.242 e. The first kappa shape index (κ1) is 17.8. The molecule has 5 nitrogen and oxygen atoms in total. The van der Waals surface area contributed by atoms with Crippen molar-refractivity contribution in [3.63, 3.8) is 0 Å². The van der Waals surface area contributed by atoms with Crippen LogP contribution in [-0.4, -0.2) is 34.4 Å². The summed E-state index contributed by atoms with van der Waals surface area (Å²) in [5.41, 5.74) is 0.973. The summed E-state index contributed by atoms with van der Waals surface area (Å²) in [6.07, 6.45) is 4.47. The van der Waals surface area contributed by atoms with Crippen LogP contribution in [0.3, 0.4) is 0 Å². The van der Waals surface area contributed by atoms with E-state index in [9.17, 15) is 9.18 Å². The summed E-state index contributed by atoms with van der Waals surface area (Å²) in [5.74, 6) is 0.551. The molecule has 0 saturated carbocycles. The molecule has 1 aliphatic heterocycles. The molecule has 1 saturated heterocycles. The van der Waals surface area contributed by atoms with Crippen LogP contribution in [0, 0.1) is 5.82 Å². The molecule has 1 N–H and O–H groups in total. The lowest BCUT2D eigenvalue weighted by atomic mass is 10.1. The van der Waals surface area contributed by atoms with E-state index in [-0.39, 0.29) is 17.8 Å². The molecule has 3 rings (SSSR count). The number of aromatic nitrogens is 2. The number of carbonyl (C=O) groups is 1. The van der Waals surface area contributed by atoms with E-state index in [4.69, 9.17) is 0 Å². The second-order valence-corrected chi connectivity index (χ2v) is 7.02. The van der Waals surface area contributed by atoms with Gasteiger partial charge in [-0.15, -0.1) is 0 Å². The molecule has 7 heteroatoms. The van der Waals surface area contributed by atoms with Crippen molar-refractivity contribution in [1.82, 2.24) is 14.7 Å². The second-order valence-electron chi connectivity index (χ2n) is 6.29. The van der Waals surface area contributed by atoms with Crippen molar-refractivity contribution >= 4 is 22.6 Å². The number of benzene rings is 1. The zero-order valence-electron chi connectivity index (χ0n) is 14.4. The van der Waals surface area contributed by atoms with Crippen molar-refractivity contribution < 1.29 is 9.18 Å². The molecule has 1 aliphatic rings. The smallest absolute Gasteiger partial charge is 0.242 e. The SMILES string of the molecule is CCCCNC(=O)C1CCCN1c1nc(Cc2ccc(F)cc2)ns1.